The van der Waals surface area contributed by atoms with Crippen molar-refractivity contribution in [3.8, 4) is 0 Å². The lowest BCUT2D eigenvalue weighted by Crippen LogP contribution is -2.50. The normalized spacial score (nSPS) is 32.9. The van der Waals surface area contributed by atoms with Gasteiger partial charge >= 0.3 is 0 Å². The number of rotatable bonds is 5. The molecule has 1 amide bonds. The van der Waals surface area contributed by atoms with Crippen LogP contribution in [0.15, 0.2) is 0 Å². The number of carbonyl (C=O) groups is 1. The summed E-state index contributed by atoms with van der Waals surface area (Å²) in [5.41, 5.74) is 4.76. The third kappa shape index (κ3) is 4.18. The van der Waals surface area contributed by atoms with Crippen molar-refractivity contribution in [2.24, 2.45) is 11.7 Å². The minimum atomic E-state index is -0.607. The minimum absolute atomic E-state index is 0.278. The quantitative estimate of drug-likeness (QED) is 0.797. The molecule has 4 nitrogen and oxygen atoms in total. The van der Waals surface area contributed by atoms with E-state index in [4.69, 9.17) is 5.73 Å². The molecule has 0 radical (unpaired) electrons. The number of primary amides is 1. The topological polar surface area (TPSA) is 66.6 Å². The Morgan fingerprint density at radius 1 is 1.26 bits per heavy atom. The van der Waals surface area contributed by atoms with Crippen LogP contribution < -0.4 is 5.73 Å². The van der Waals surface area contributed by atoms with Gasteiger partial charge in [0.2, 0.25) is 5.91 Å². The molecular formula is C15H28N2O2. The van der Waals surface area contributed by atoms with E-state index < -0.39 is 5.60 Å². The predicted molar refractivity (Wildman–Crippen MR) is 75.6 cm³/mol. The van der Waals surface area contributed by atoms with Gasteiger partial charge in [0.1, 0.15) is 0 Å². The van der Waals surface area contributed by atoms with Crippen LogP contribution in [0.2, 0.25) is 0 Å². The van der Waals surface area contributed by atoms with Gasteiger partial charge in [-0.2, -0.15) is 0 Å². The van der Waals surface area contributed by atoms with Crippen LogP contribution >= 0.6 is 0 Å². The summed E-state index contributed by atoms with van der Waals surface area (Å²) in [5.74, 6) is 0.441. The Kier molecular flexibility index (Phi) is 4.85. The summed E-state index contributed by atoms with van der Waals surface area (Å²) in [7, 11) is 0. The smallest absolute Gasteiger partial charge is 0.231 e. The van der Waals surface area contributed by atoms with Crippen LogP contribution in [0.1, 0.15) is 58.3 Å². The van der Waals surface area contributed by atoms with Gasteiger partial charge in [-0.15, -0.1) is 0 Å². The van der Waals surface area contributed by atoms with Gasteiger partial charge in [0, 0.05) is 12.6 Å². The van der Waals surface area contributed by atoms with E-state index in [9.17, 15) is 9.90 Å². The second kappa shape index (κ2) is 6.23. The summed E-state index contributed by atoms with van der Waals surface area (Å²) in [6, 6.07) is 0.441. The zero-order valence-corrected chi connectivity index (χ0v) is 12.1. The predicted octanol–water partition coefficient (Wildman–Crippen LogP) is 1.66. The Labute approximate surface area is 116 Å². The number of aliphatic hydroxyl groups is 1. The molecule has 4 heteroatoms. The zero-order chi connectivity index (χ0) is 13.9. The summed E-state index contributed by atoms with van der Waals surface area (Å²) in [6.07, 6.45) is 8.63. The number of carbonyl (C=O) groups excluding carboxylic acids is 1. The third-order valence-corrected chi connectivity index (χ3v) is 4.90. The van der Waals surface area contributed by atoms with Crippen LogP contribution in [0, 0.1) is 5.92 Å². The molecule has 2 rings (SSSR count). The summed E-state index contributed by atoms with van der Waals surface area (Å²) < 4.78 is 0. The molecule has 0 saturated heterocycles. The van der Waals surface area contributed by atoms with Gasteiger partial charge in [-0.3, -0.25) is 9.69 Å². The highest BCUT2D eigenvalue weighted by atomic mass is 16.3. The molecule has 0 atom stereocenters. The van der Waals surface area contributed by atoms with Gasteiger partial charge in [0.25, 0.3) is 0 Å². The first-order valence-corrected chi connectivity index (χ1v) is 7.73. The van der Waals surface area contributed by atoms with Crippen LogP contribution in [0.3, 0.4) is 0 Å². The third-order valence-electron chi connectivity index (χ3n) is 4.90. The lowest BCUT2D eigenvalue weighted by atomic mass is 9.79. The molecule has 3 N–H and O–H groups in total. The second-order valence-electron chi connectivity index (χ2n) is 6.72. The average molecular weight is 268 g/mol. The van der Waals surface area contributed by atoms with Gasteiger partial charge < -0.3 is 10.8 Å². The van der Waals surface area contributed by atoms with Crippen LogP contribution in [-0.2, 0) is 4.79 Å². The zero-order valence-electron chi connectivity index (χ0n) is 12.1. The SMILES string of the molecule is CC1CCC(O)(CN(CC(N)=O)C2CCCC2)CC1. The molecule has 2 fully saturated rings. The molecule has 0 unspecified atom stereocenters. The molecule has 19 heavy (non-hydrogen) atoms. The summed E-state index contributed by atoms with van der Waals surface area (Å²) >= 11 is 0. The van der Waals surface area contributed by atoms with Crippen molar-refractivity contribution in [1.29, 1.82) is 0 Å². The van der Waals surface area contributed by atoms with E-state index in [1.807, 2.05) is 0 Å². The minimum Gasteiger partial charge on any atom is -0.389 e. The van der Waals surface area contributed by atoms with Crippen molar-refractivity contribution in [3.63, 3.8) is 0 Å². The molecule has 0 heterocycles. The van der Waals surface area contributed by atoms with E-state index in [0.717, 1.165) is 44.4 Å². The molecule has 2 saturated carbocycles. The van der Waals surface area contributed by atoms with Crippen molar-refractivity contribution in [1.82, 2.24) is 4.90 Å². The van der Waals surface area contributed by atoms with E-state index >= 15 is 0 Å². The van der Waals surface area contributed by atoms with Crippen LogP contribution in [0.25, 0.3) is 0 Å². The van der Waals surface area contributed by atoms with Crippen molar-refractivity contribution in [2.75, 3.05) is 13.1 Å². The molecule has 0 bridgehead atoms. The Morgan fingerprint density at radius 2 is 1.84 bits per heavy atom. The van der Waals surface area contributed by atoms with Gasteiger partial charge in [0.15, 0.2) is 0 Å². The van der Waals surface area contributed by atoms with Crippen molar-refractivity contribution in [3.05, 3.63) is 0 Å². The van der Waals surface area contributed by atoms with Crippen molar-refractivity contribution >= 4 is 5.91 Å². The van der Waals surface area contributed by atoms with Gasteiger partial charge in [-0.05, 0) is 44.4 Å². The van der Waals surface area contributed by atoms with Crippen LogP contribution in [-0.4, -0.2) is 40.6 Å². The maximum absolute atomic E-state index is 11.3. The number of hydrogen-bond donors (Lipinski definition) is 2. The lowest BCUT2D eigenvalue weighted by molar-refractivity contribution is -0.121. The lowest BCUT2D eigenvalue weighted by Gasteiger charge is -2.40. The highest BCUT2D eigenvalue weighted by molar-refractivity contribution is 5.76. The van der Waals surface area contributed by atoms with E-state index in [1.54, 1.807) is 0 Å². The molecule has 0 aliphatic heterocycles. The highest BCUT2D eigenvalue weighted by Gasteiger charge is 2.36. The molecule has 110 valence electrons. The molecule has 0 aromatic rings. The number of amides is 1. The van der Waals surface area contributed by atoms with Gasteiger partial charge in [0.05, 0.1) is 12.1 Å². The van der Waals surface area contributed by atoms with Crippen molar-refractivity contribution < 1.29 is 9.90 Å². The number of nitrogens with two attached hydrogens (primary N) is 1. The molecular weight excluding hydrogens is 240 g/mol. The van der Waals surface area contributed by atoms with Crippen LogP contribution in [0.4, 0.5) is 0 Å². The summed E-state index contributed by atoms with van der Waals surface area (Å²) in [5, 5.41) is 10.7. The standard InChI is InChI=1S/C15H28N2O2/c1-12-6-8-15(19,9-7-12)11-17(10-14(16)18)13-4-2-3-5-13/h12-13,19H,2-11H2,1H3,(H2,16,18). The van der Waals surface area contributed by atoms with E-state index in [2.05, 4.69) is 11.8 Å². The fourth-order valence-electron chi connectivity index (χ4n) is 3.62. The molecule has 2 aliphatic carbocycles. The van der Waals surface area contributed by atoms with E-state index in [0.29, 0.717) is 19.1 Å². The van der Waals surface area contributed by atoms with E-state index in [-0.39, 0.29) is 5.91 Å². The largest absolute Gasteiger partial charge is 0.389 e. The van der Waals surface area contributed by atoms with Crippen molar-refractivity contribution in [2.45, 2.75) is 69.9 Å². The molecule has 0 spiro atoms. The Balaban J connectivity index is 1.96. The highest BCUT2D eigenvalue weighted by Crippen LogP contribution is 2.34. The maximum atomic E-state index is 11.3. The Morgan fingerprint density at radius 3 is 2.37 bits per heavy atom. The van der Waals surface area contributed by atoms with Gasteiger partial charge in [-0.1, -0.05) is 19.8 Å². The second-order valence-corrected chi connectivity index (χ2v) is 6.72. The number of nitrogens with zero attached hydrogens (tertiary/aromatic N) is 1. The number of hydrogen-bond acceptors (Lipinski definition) is 3. The molecule has 0 aromatic heterocycles. The first-order chi connectivity index (χ1) is 8.98. The molecule has 0 aromatic carbocycles. The van der Waals surface area contributed by atoms with E-state index in [1.165, 1.54) is 12.8 Å². The average Bonchev–Trinajstić information content (AvgIpc) is 2.86. The van der Waals surface area contributed by atoms with Crippen LogP contribution in [0.5, 0.6) is 0 Å². The monoisotopic (exact) mass is 268 g/mol. The summed E-state index contributed by atoms with van der Waals surface area (Å²) in [6.45, 7) is 3.16. The molecule has 2 aliphatic rings. The maximum Gasteiger partial charge on any atom is 0.231 e. The first-order valence-electron chi connectivity index (χ1n) is 7.73. The fraction of sp³-hybridized carbons (Fsp3) is 0.933. The summed E-state index contributed by atoms with van der Waals surface area (Å²) in [4.78, 5) is 13.4. The fourth-order valence-corrected chi connectivity index (χ4v) is 3.62. The first kappa shape index (κ1) is 14.8. The Bertz CT molecular complexity index is 305. The Hall–Kier alpha value is -0.610. The van der Waals surface area contributed by atoms with Gasteiger partial charge in [-0.25, -0.2) is 0 Å².